The summed E-state index contributed by atoms with van der Waals surface area (Å²) >= 11 is 0. The van der Waals surface area contributed by atoms with Crippen LogP contribution < -0.4 is 10.6 Å². The molecule has 0 fully saturated rings. The van der Waals surface area contributed by atoms with E-state index >= 15 is 0 Å². The summed E-state index contributed by atoms with van der Waals surface area (Å²) in [6.45, 7) is 0.763. The Labute approximate surface area is 122 Å². The van der Waals surface area contributed by atoms with Gasteiger partial charge in [-0.3, -0.25) is 4.79 Å². The van der Waals surface area contributed by atoms with Crippen molar-refractivity contribution in [2.45, 2.75) is 19.1 Å². The van der Waals surface area contributed by atoms with Crippen LogP contribution in [0.15, 0.2) is 34.9 Å². The van der Waals surface area contributed by atoms with E-state index in [9.17, 15) is 4.79 Å². The van der Waals surface area contributed by atoms with Crippen LogP contribution >= 0.6 is 0 Å². The second-order valence-corrected chi connectivity index (χ2v) is 5.12. The Hall–Kier alpha value is -2.18. The molecule has 0 saturated heterocycles. The lowest BCUT2D eigenvalue weighted by Crippen LogP contribution is -2.46. The van der Waals surface area contributed by atoms with E-state index in [-0.39, 0.29) is 24.2 Å². The standard InChI is InChI=1S/C15H17N3O3/c1-20-9-12-7-13(17-21-12)15(19)18-8-11(16)6-10-4-2-3-5-14(10)18/h2-5,7,11H,6,8-9,16H2,1H3. The van der Waals surface area contributed by atoms with Crippen LogP contribution in [0.5, 0.6) is 0 Å². The van der Waals surface area contributed by atoms with Gasteiger partial charge < -0.3 is 19.9 Å². The zero-order valence-electron chi connectivity index (χ0n) is 11.8. The summed E-state index contributed by atoms with van der Waals surface area (Å²) in [7, 11) is 1.56. The van der Waals surface area contributed by atoms with Gasteiger partial charge in [-0.2, -0.15) is 0 Å². The molecule has 1 aliphatic rings. The van der Waals surface area contributed by atoms with E-state index in [1.807, 2.05) is 24.3 Å². The van der Waals surface area contributed by atoms with Crippen LogP contribution in [0.3, 0.4) is 0 Å². The molecule has 6 nitrogen and oxygen atoms in total. The van der Waals surface area contributed by atoms with Gasteiger partial charge in [0.1, 0.15) is 6.61 Å². The van der Waals surface area contributed by atoms with Gasteiger partial charge in [-0.25, -0.2) is 0 Å². The fourth-order valence-electron chi connectivity index (χ4n) is 2.58. The highest BCUT2D eigenvalue weighted by Gasteiger charge is 2.28. The van der Waals surface area contributed by atoms with Gasteiger partial charge in [-0.1, -0.05) is 23.4 Å². The summed E-state index contributed by atoms with van der Waals surface area (Å²) in [5, 5.41) is 3.82. The summed E-state index contributed by atoms with van der Waals surface area (Å²) in [4.78, 5) is 14.3. The first-order valence-corrected chi connectivity index (χ1v) is 6.79. The molecule has 2 aromatic rings. The number of nitrogens with two attached hydrogens (primary N) is 1. The molecule has 3 rings (SSSR count). The van der Waals surface area contributed by atoms with Gasteiger partial charge in [0.15, 0.2) is 11.5 Å². The number of carbonyl (C=O) groups is 1. The third-order valence-electron chi connectivity index (χ3n) is 3.49. The molecule has 0 aliphatic carbocycles. The van der Waals surface area contributed by atoms with Crippen molar-refractivity contribution in [1.29, 1.82) is 0 Å². The molecule has 0 bridgehead atoms. The van der Waals surface area contributed by atoms with Crippen molar-refractivity contribution in [2.75, 3.05) is 18.6 Å². The number of rotatable bonds is 3. The molecular weight excluding hydrogens is 270 g/mol. The Morgan fingerprint density at radius 2 is 2.33 bits per heavy atom. The van der Waals surface area contributed by atoms with Crippen LogP contribution in [-0.4, -0.2) is 30.8 Å². The quantitative estimate of drug-likeness (QED) is 0.921. The molecule has 0 spiro atoms. The Bertz CT molecular complexity index is 653. The van der Waals surface area contributed by atoms with Crippen molar-refractivity contribution in [3.8, 4) is 0 Å². The van der Waals surface area contributed by atoms with Crippen LogP contribution in [-0.2, 0) is 17.8 Å². The number of nitrogens with zero attached hydrogens (tertiary/aromatic N) is 2. The first-order chi connectivity index (χ1) is 10.2. The predicted molar refractivity (Wildman–Crippen MR) is 77.0 cm³/mol. The lowest BCUT2D eigenvalue weighted by Gasteiger charge is -2.32. The number of para-hydroxylation sites is 1. The molecule has 6 heteroatoms. The zero-order chi connectivity index (χ0) is 14.8. The lowest BCUT2D eigenvalue weighted by molar-refractivity contribution is 0.0974. The van der Waals surface area contributed by atoms with E-state index in [1.54, 1.807) is 18.1 Å². The number of hydrogen-bond donors (Lipinski definition) is 1. The highest BCUT2D eigenvalue weighted by molar-refractivity contribution is 6.05. The maximum absolute atomic E-state index is 12.6. The van der Waals surface area contributed by atoms with Crippen molar-refractivity contribution in [2.24, 2.45) is 5.73 Å². The van der Waals surface area contributed by atoms with Crippen LogP contribution in [0.2, 0.25) is 0 Å². The molecule has 0 saturated carbocycles. The van der Waals surface area contributed by atoms with Crippen molar-refractivity contribution in [1.82, 2.24) is 5.16 Å². The second-order valence-electron chi connectivity index (χ2n) is 5.12. The molecule has 2 heterocycles. The summed E-state index contributed by atoms with van der Waals surface area (Å²) in [6, 6.07) is 9.31. The minimum absolute atomic E-state index is 0.0748. The summed E-state index contributed by atoms with van der Waals surface area (Å²) in [5.41, 5.74) is 8.28. The third-order valence-corrected chi connectivity index (χ3v) is 3.49. The average Bonchev–Trinajstić information content (AvgIpc) is 2.94. The fourth-order valence-corrected chi connectivity index (χ4v) is 2.58. The Kier molecular flexibility index (Phi) is 3.72. The summed E-state index contributed by atoms with van der Waals surface area (Å²) < 4.78 is 10.0. The number of anilines is 1. The van der Waals surface area contributed by atoms with E-state index in [4.69, 9.17) is 15.0 Å². The van der Waals surface area contributed by atoms with Crippen molar-refractivity contribution in [3.63, 3.8) is 0 Å². The molecule has 1 unspecified atom stereocenters. The first kappa shape index (κ1) is 13.8. The van der Waals surface area contributed by atoms with Crippen LogP contribution in [0.4, 0.5) is 5.69 Å². The summed E-state index contributed by atoms with van der Waals surface area (Å²) in [5.74, 6) is 0.319. The molecule has 2 N–H and O–H groups in total. The van der Waals surface area contributed by atoms with Crippen LogP contribution in [0.1, 0.15) is 21.8 Å². The predicted octanol–water partition coefficient (Wildman–Crippen LogP) is 1.35. The smallest absolute Gasteiger partial charge is 0.280 e. The molecule has 1 amide bonds. The highest BCUT2D eigenvalue weighted by atomic mass is 16.5. The number of hydrogen-bond acceptors (Lipinski definition) is 5. The van der Waals surface area contributed by atoms with Gasteiger partial charge in [0.2, 0.25) is 0 Å². The molecule has 1 aliphatic heterocycles. The van der Waals surface area contributed by atoms with Gasteiger partial charge in [-0.05, 0) is 18.1 Å². The molecule has 0 radical (unpaired) electrons. The van der Waals surface area contributed by atoms with Crippen LogP contribution in [0.25, 0.3) is 0 Å². The lowest BCUT2D eigenvalue weighted by atomic mass is 9.98. The Balaban J connectivity index is 1.90. The fraction of sp³-hybridized carbons (Fsp3) is 0.333. The minimum atomic E-state index is -0.205. The van der Waals surface area contributed by atoms with E-state index in [0.717, 1.165) is 17.7 Å². The topological polar surface area (TPSA) is 81.6 Å². The number of benzene rings is 1. The van der Waals surface area contributed by atoms with Crippen LogP contribution in [0, 0.1) is 0 Å². The maximum atomic E-state index is 12.6. The molecule has 1 aromatic carbocycles. The normalized spacial score (nSPS) is 17.6. The zero-order valence-corrected chi connectivity index (χ0v) is 11.8. The number of fused-ring (bicyclic) bond motifs is 1. The Morgan fingerprint density at radius 3 is 3.14 bits per heavy atom. The van der Waals surface area contributed by atoms with Gasteiger partial charge in [0.05, 0.1) is 0 Å². The molecule has 110 valence electrons. The average molecular weight is 287 g/mol. The van der Waals surface area contributed by atoms with E-state index in [1.165, 1.54) is 0 Å². The number of carbonyl (C=O) groups excluding carboxylic acids is 1. The highest BCUT2D eigenvalue weighted by Crippen LogP contribution is 2.27. The number of ether oxygens (including phenoxy) is 1. The Morgan fingerprint density at radius 1 is 1.52 bits per heavy atom. The van der Waals surface area contributed by atoms with Gasteiger partial charge in [0.25, 0.3) is 5.91 Å². The SMILES string of the molecule is COCc1cc(C(=O)N2CC(N)Cc3ccccc32)no1. The van der Waals surface area contributed by atoms with Gasteiger partial charge in [-0.15, -0.1) is 0 Å². The summed E-state index contributed by atoms with van der Waals surface area (Å²) in [6.07, 6.45) is 0.772. The maximum Gasteiger partial charge on any atom is 0.280 e. The third kappa shape index (κ3) is 2.68. The van der Waals surface area contributed by atoms with Gasteiger partial charge >= 0.3 is 0 Å². The van der Waals surface area contributed by atoms with Crippen molar-refractivity contribution >= 4 is 11.6 Å². The largest absolute Gasteiger partial charge is 0.377 e. The number of methoxy groups -OCH3 is 1. The molecule has 1 atom stereocenters. The second kappa shape index (κ2) is 5.67. The van der Waals surface area contributed by atoms with Gasteiger partial charge in [0, 0.05) is 31.5 Å². The number of amides is 1. The first-order valence-electron chi connectivity index (χ1n) is 6.79. The van der Waals surface area contributed by atoms with Crippen molar-refractivity contribution < 1.29 is 14.1 Å². The molecule has 1 aromatic heterocycles. The molecular formula is C15H17N3O3. The van der Waals surface area contributed by atoms with E-state index in [2.05, 4.69) is 5.16 Å². The van der Waals surface area contributed by atoms with E-state index in [0.29, 0.717) is 12.3 Å². The van der Waals surface area contributed by atoms with E-state index < -0.39 is 0 Å². The monoisotopic (exact) mass is 287 g/mol. The molecule has 21 heavy (non-hydrogen) atoms. The minimum Gasteiger partial charge on any atom is -0.377 e. The van der Waals surface area contributed by atoms with Crippen molar-refractivity contribution in [3.05, 3.63) is 47.3 Å². The number of aromatic nitrogens is 1.